The summed E-state index contributed by atoms with van der Waals surface area (Å²) >= 11 is 0. The third-order valence-electron chi connectivity index (χ3n) is 5.22. The lowest BCUT2D eigenvalue weighted by Gasteiger charge is -2.53. The molecule has 3 N–H and O–H groups in total. The molecule has 0 amide bonds. The number of carbonyl (C=O) groups is 1. The van der Waals surface area contributed by atoms with Crippen molar-refractivity contribution in [1.82, 2.24) is 0 Å². The van der Waals surface area contributed by atoms with Crippen LogP contribution in [0.25, 0.3) is 0 Å². The van der Waals surface area contributed by atoms with Crippen LogP contribution in [0, 0.1) is 5.92 Å². The molecule has 24 heavy (non-hydrogen) atoms. The summed E-state index contributed by atoms with van der Waals surface area (Å²) in [6.07, 6.45) is -0.0378. The van der Waals surface area contributed by atoms with E-state index in [1.807, 2.05) is 0 Å². The number of esters is 1. The van der Waals surface area contributed by atoms with Crippen molar-refractivity contribution in [3.05, 3.63) is 64.7 Å². The van der Waals surface area contributed by atoms with E-state index in [0.717, 1.165) is 0 Å². The van der Waals surface area contributed by atoms with Gasteiger partial charge >= 0.3 is 5.97 Å². The van der Waals surface area contributed by atoms with Crippen LogP contribution in [0.4, 0.5) is 0 Å². The van der Waals surface area contributed by atoms with Gasteiger partial charge in [-0.05, 0) is 29.7 Å². The molecule has 3 atom stereocenters. The van der Waals surface area contributed by atoms with Crippen LogP contribution in [0.2, 0.25) is 0 Å². The van der Waals surface area contributed by atoms with Crippen molar-refractivity contribution in [3.8, 4) is 5.75 Å². The molecule has 5 nitrogen and oxygen atoms in total. The van der Waals surface area contributed by atoms with Crippen molar-refractivity contribution in [2.24, 2.45) is 5.92 Å². The highest BCUT2D eigenvalue weighted by Gasteiger charge is 2.63. The van der Waals surface area contributed by atoms with E-state index in [0.29, 0.717) is 16.7 Å². The van der Waals surface area contributed by atoms with Gasteiger partial charge in [-0.25, -0.2) is 0 Å². The first-order valence-corrected chi connectivity index (χ1v) is 7.99. The highest BCUT2D eigenvalue weighted by Crippen LogP contribution is 2.61. The summed E-state index contributed by atoms with van der Waals surface area (Å²) in [4.78, 5) is 12.5. The zero-order valence-electron chi connectivity index (χ0n) is 13.2. The molecular weight excluding hydrogens is 308 g/mol. The molecule has 3 aliphatic carbocycles. The van der Waals surface area contributed by atoms with Crippen LogP contribution in [0.15, 0.2) is 42.5 Å². The number of fused-ring (bicyclic) bond motifs is 1. The Hall–Kier alpha value is -2.37. The van der Waals surface area contributed by atoms with Crippen molar-refractivity contribution in [2.75, 3.05) is 6.61 Å². The number of aliphatic hydroxyl groups is 2. The van der Waals surface area contributed by atoms with E-state index in [1.165, 1.54) is 6.07 Å². The second-order valence-electron chi connectivity index (χ2n) is 6.38. The van der Waals surface area contributed by atoms with Gasteiger partial charge < -0.3 is 20.1 Å². The first-order chi connectivity index (χ1) is 11.4. The highest BCUT2D eigenvalue weighted by molar-refractivity contribution is 5.80. The average molecular weight is 326 g/mol. The van der Waals surface area contributed by atoms with Gasteiger partial charge in [0.05, 0.1) is 12.5 Å². The lowest BCUT2D eigenvalue weighted by molar-refractivity contribution is -0.166. The molecule has 5 rings (SSSR count). The normalized spacial score (nSPS) is 29.7. The van der Waals surface area contributed by atoms with Crippen molar-refractivity contribution in [1.29, 1.82) is 0 Å². The Balaban J connectivity index is 2.06. The maximum Gasteiger partial charge on any atom is 0.312 e. The molecule has 0 heterocycles. The number of carbonyl (C=O) groups excluding carboxylic acids is 1. The van der Waals surface area contributed by atoms with Crippen LogP contribution in [0.3, 0.4) is 0 Å². The SMILES string of the molecule is CCOC(=O)C1CC2(O)c3ccccc3C1(O)c1cccc(O)c12. The van der Waals surface area contributed by atoms with E-state index in [1.54, 1.807) is 43.3 Å². The van der Waals surface area contributed by atoms with Crippen LogP contribution in [0.1, 0.15) is 35.6 Å². The number of phenols is 1. The Morgan fingerprint density at radius 3 is 2.50 bits per heavy atom. The Morgan fingerprint density at radius 1 is 1.12 bits per heavy atom. The van der Waals surface area contributed by atoms with Crippen LogP contribution in [0.5, 0.6) is 5.75 Å². The third-order valence-corrected chi connectivity index (χ3v) is 5.22. The third kappa shape index (κ3) is 1.63. The van der Waals surface area contributed by atoms with Gasteiger partial charge in [-0.1, -0.05) is 36.4 Å². The lowest BCUT2D eigenvalue weighted by Crippen LogP contribution is -2.57. The monoisotopic (exact) mass is 326 g/mol. The summed E-state index contributed by atoms with van der Waals surface area (Å²) in [5.41, 5.74) is -1.56. The molecule has 2 bridgehead atoms. The van der Waals surface area contributed by atoms with Crippen molar-refractivity contribution in [3.63, 3.8) is 0 Å². The van der Waals surface area contributed by atoms with E-state index in [9.17, 15) is 20.1 Å². The van der Waals surface area contributed by atoms with Gasteiger partial charge in [0.2, 0.25) is 0 Å². The zero-order valence-corrected chi connectivity index (χ0v) is 13.2. The van der Waals surface area contributed by atoms with Gasteiger partial charge in [0.1, 0.15) is 17.0 Å². The lowest BCUT2D eigenvalue weighted by atomic mass is 9.54. The average Bonchev–Trinajstić information content (AvgIpc) is 2.57. The van der Waals surface area contributed by atoms with Crippen LogP contribution >= 0.6 is 0 Å². The molecule has 124 valence electrons. The first kappa shape index (κ1) is 15.2. The summed E-state index contributed by atoms with van der Waals surface area (Å²) in [7, 11) is 0. The predicted octanol–water partition coefficient (Wildman–Crippen LogP) is 1.76. The molecule has 2 aromatic rings. The minimum absolute atomic E-state index is 0.0378. The number of ether oxygens (including phenoxy) is 1. The molecule has 0 fully saturated rings. The molecular formula is C19H18O5. The Morgan fingerprint density at radius 2 is 1.79 bits per heavy atom. The number of hydrogen-bond acceptors (Lipinski definition) is 5. The molecule has 2 aromatic carbocycles. The smallest absolute Gasteiger partial charge is 0.312 e. The molecule has 0 radical (unpaired) electrons. The summed E-state index contributed by atoms with van der Waals surface area (Å²) in [6, 6.07) is 11.7. The number of hydrogen-bond donors (Lipinski definition) is 3. The summed E-state index contributed by atoms with van der Waals surface area (Å²) in [6.45, 7) is 1.89. The molecule has 0 aromatic heterocycles. The second kappa shape index (κ2) is 4.82. The molecule has 0 saturated heterocycles. The molecule has 3 unspecified atom stereocenters. The van der Waals surface area contributed by atoms with E-state index >= 15 is 0 Å². The minimum Gasteiger partial charge on any atom is -0.508 e. The number of rotatable bonds is 2. The van der Waals surface area contributed by atoms with E-state index in [-0.39, 0.29) is 24.3 Å². The van der Waals surface area contributed by atoms with Crippen LogP contribution in [-0.4, -0.2) is 27.9 Å². The summed E-state index contributed by atoms with van der Waals surface area (Å²) in [5.74, 6) is -1.58. The van der Waals surface area contributed by atoms with E-state index < -0.39 is 23.1 Å². The zero-order chi connectivity index (χ0) is 17.1. The van der Waals surface area contributed by atoms with Crippen molar-refractivity contribution >= 4 is 5.97 Å². The number of aromatic hydroxyl groups is 1. The van der Waals surface area contributed by atoms with Gasteiger partial charge in [0.25, 0.3) is 0 Å². The van der Waals surface area contributed by atoms with Crippen molar-refractivity contribution < 1.29 is 24.9 Å². The molecule has 0 spiro atoms. The summed E-state index contributed by atoms with van der Waals surface area (Å²) in [5, 5.41) is 33.3. The quantitative estimate of drug-likeness (QED) is 0.732. The summed E-state index contributed by atoms with van der Waals surface area (Å²) < 4.78 is 5.13. The molecule has 0 aliphatic heterocycles. The van der Waals surface area contributed by atoms with Gasteiger partial charge in [-0.2, -0.15) is 0 Å². The van der Waals surface area contributed by atoms with E-state index in [2.05, 4.69) is 0 Å². The predicted molar refractivity (Wildman–Crippen MR) is 85.3 cm³/mol. The fourth-order valence-corrected chi connectivity index (χ4v) is 4.28. The minimum atomic E-state index is -1.64. The second-order valence-corrected chi connectivity index (χ2v) is 6.38. The molecule has 5 heteroatoms. The topological polar surface area (TPSA) is 87.0 Å². The van der Waals surface area contributed by atoms with Crippen molar-refractivity contribution in [2.45, 2.75) is 24.5 Å². The van der Waals surface area contributed by atoms with Gasteiger partial charge in [0.15, 0.2) is 0 Å². The number of benzene rings is 2. The molecule has 3 aliphatic rings. The van der Waals surface area contributed by atoms with Crippen LogP contribution in [-0.2, 0) is 20.7 Å². The fraction of sp³-hybridized carbons (Fsp3) is 0.316. The van der Waals surface area contributed by atoms with E-state index in [4.69, 9.17) is 4.74 Å². The molecule has 0 saturated carbocycles. The Labute approximate surface area is 139 Å². The maximum atomic E-state index is 12.5. The van der Waals surface area contributed by atoms with Crippen LogP contribution < -0.4 is 0 Å². The Kier molecular flexibility index (Phi) is 3.04. The standard InChI is InChI=1S/C19H18O5/c1-2-24-17(21)14-10-18(22)11-6-3-4-7-12(11)19(14,23)13-8-5-9-15(20)16(13)18/h3-9,14,20,22-23H,2,10H2,1H3. The van der Waals surface area contributed by atoms with Gasteiger partial charge in [-0.3, -0.25) is 4.79 Å². The fourth-order valence-electron chi connectivity index (χ4n) is 4.28. The maximum absolute atomic E-state index is 12.5. The Bertz CT molecular complexity index is 845. The first-order valence-electron chi connectivity index (χ1n) is 7.99. The van der Waals surface area contributed by atoms with Gasteiger partial charge in [0, 0.05) is 12.0 Å². The highest BCUT2D eigenvalue weighted by atomic mass is 16.5. The largest absolute Gasteiger partial charge is 0.508 e. The van der Waals surface area contributed by atoms with Gasteiger partial charge in [-0.15, -0.1) is 0 Å². The number of phenolic OH excluding ortho intramolecular Hbond substituents is 1.